The maximum absolute atomic E-state index is 12.5. The number of thioether (sulfide) groups is 1. The van der Waals surface area contributed by atoms with Crippen LogP contribution in [0.15, 0.2) is 23.2 Å². The molecule has 1 atom stereocenters. The van der Waals surface area contributed by atoms with Crippen molar-refractivity contribution in [2.45, 2.75) is 18.9 Å². The van der Waals surface area contributed by atoms with Gasteiger partial charge < -0.3 is 14.8 Å². The third-order valence-corrected chi connectivity index (χ3v) is 4.65. The lowest BCUT2D eigenvalue weighted by Gasteiger charge is -2.22. The van der Waals surface area contributed by atoms with Gasteiger partial charge in [0.05, 0.1) is 4.91 Å². The number of aromatic nitrogens is 1. The molecule has 1 aromatic heterocycles. The molecule has 1 aliphatic heterocycles. The van der Waals surface area contributed by atoms with E-state index in [1.54, 1.807) is 6.08 Å². The van der Waals surface area contributed by atoms with Crippen LogP contribution in [-0.4, -0.2) is 47.9 Å². The minimum absolute atomic E-state index is 0.119. The Kier molecular flexibility index (Phi) is 5.22. The number of hydrogen-bond acceptors (Lipinski definition) is 5. The average Bonchev–Trinajstić information content (AvgIpc) is 2.97. The topological polar surface area (TPSA) is 99.8 Å². The zero-order chi connectivity index (χ0) is 17.1. The van der Waals surface area contributed by atoms with Crippen LogP contribution in [-0.2, 0) is 21.4 Å². The van der Waals surface area contributed by atoms with E-state index in [0.29, 0.717) is 4.91 Å². The van der Waals surface area contributed by atoms with Crippen molar-refractivity contribution in [1.29, 1.82) is 0 Å². The molecule has 122 valence electrons. The second-order valence-corrected chi connectivity index (χ2v) is 6.56. The average molecular weight is 354 g/mol. The molecule has 0 spiro atoms. The van der Waals surface area contributed by atoms with Crippen LogP contribution in [0.1, 0.15) is 18.5 Å². The zero-order valence-electron chi connectivity index (χ0n) is 12.1. The van der Waals surface area contributed by atoms with Gasteiger partial charge in [-0.25, -0.2) is 4.79 Å². The first kappa shape index (κ1) is 17.2. The van der Waals surface area contributed by atoms with Gasteiger partial charge in [0.15, 0.2) is 0 Å². The van der Waals surface area contributed by atoms with Crippen LogP contribution in [0.25, 0.3) is 6.08 Å². The SMILES string of the molecule is Cn1cccc1/C=C1\SC(=S)N([C@@H](CCC(=O)O)C(=O)O)C1=O. The number of carboxylic acid groups (broad SMARTS) is 2. The summed E-state index contributed by atoms with van der Waals surface area (Å²) in [5.41, 5.74) is 0.780. The Balaban J connectivity index is 2.26. The van der Waals surface area contributed by atoms with Crippen molar-refractivity contribution in [2.24, 2.45) is 7.05 Å². The molecule has 1 saturated heterocycles. The number of carbonyl (C=O) groups excluding carboxylic acids is 1. The molecule has 0 radical (unpaired) electrons. The predicted molar refractivity (Wildman–Crippen MR) is 88.7 cm³/mol. The number of aryl methyl sites for hydroxylation is 1. The van der Waals surface area contributed by atoms with Gasteiger partial charge in [-0.3, -0.25) is 14.5 Å². The van der Waals surface area contributed by atoms with Gasteiger partial charge in [-0.1, -0.05) is 24.0 Å². The number of amides is 1. The second-order valence-electron chi connectivity index (χ2n) is 4.88. The first-order chi connectivity index (χ1) is 10.8. The molecule has 7 nitrogen and oxygen atoms in total. The van der Waals surface area contributed by atoms with E-state index in [0.717, 1.165) is 22.4 Å². The first-order valence-electron chi connectivity index (χ1n) is 6.64. The van der Waals surface area contributed by atoms with Crippen molar-refractivity contribution in [3.05, 3.63) is 28.9 Å². The monoisotopic (exact) mass is 354 g/mol. The molecule has 23 heavy (non-hydrogen) atoms. The van der Waals surface area contributed by atoms with Crippen LogP contribution in [0.2, 0.25) is 0 Å². The molecular formula is C14H14N2O5S2. The maximum Gasteiger partial charge on any atom is 0.326 e. The molecule has 0 aromatic carbocycles. The first-order valence-corrected chi connectivity index (χ1v) is 7.86. The normalized spacial score (nSPS) is 17.8. The van der Waals surface area contributed by atoms with E-state index < -0.39 is 23.9 Å². The highest BCUT2D eigenvalue weighted by molar-refractivity contribution is 8.26. The van der Waals surface area contributed by atoms with Gasteiger partial charge in [-0.2, -0.15) is 0 Å². The van der Waals surface area contributed by atoms with Crippen molar-refractivity contribution in [3.63, 3.8) is 0 Å². The number of carbonyl (C=O) groups is 3. The lowest BCUT2D eigenvalue weighted by atomic mass is 10.1. The number of rotatable bonds is 6. The van der Waals surface area contributed by atoms with Gasteiger partial charge in [0, 0.05) is 25.4 Å². The fraction of sp³-hybridized carbons (Fsp3) is 0.286. The minimum atomic E-state index is -1.28. The molecule has 1 fully saturated rings. The molecule has 0 bridgehead atoms. The van der Waals surface area contributed by atoms with Crippen molar-refractivity contribution in [1.82, 2.24) is 9.47 Å². The molecule has 1 aliphatic rings. The van der Waals surface area contributed by atoms with E-state index in [1.165, 1.54) is 0 Å². The predicted octanol–water partition coefficient (Wildman–Crippen LogP) is 1.54. The Labute approximate surface area is 141 Å². The Morgan fingerprint density at radius 3 is 2.65 bits per heavy atom. The maximum atomic E-state index is 12.5. The van der Waals surface area contributed by atoms with Gasteiger partial charge >= 0.3 is 11.9 Å². The molecule has 1 amide bonds. The third kappa shape index (κ3) is 3.80. The van der Waals surface area contributed by atoms with Crippen molar-refractivity contribution in [2.75, 3.05) is 0 Å². The smallest absolute Gasteiger partial charge is 0.326 e. The van der Waals surface area contributed by atoms with Crippen LogP contribution in [0.5, 0.6) is 0 Å². The van der Waals surface area contributed by atoms with E-state index in [9.17, 15) is 19.5 Å². The van der Waals surface area contributed by atoms with E-state index in [-0.39, 0.29) is 17.2 Å². The molecule has 2 rings (SSSR count). The Morgan fingerprint density at radius 2 is 2.13 bits per heavy atom. The minimum Gasteiger partial charge on any atom is -0.481 e. The molecule has 2 heterocycles. The Hall–Kier alpha value is -2.13. The van der Waals surface area contributed by atoms with E-state index in [4.69, 9.17) is 17.3 Å². The van der Waals surface area contributed by atoms with Crippen LogP contribution in [0.3, 0.4) is 0 Å². The highest BCUT2D eigenvalue weighted by atomic mass is 32.2. The van der Waals surface area contributed by atoms with Crippen molar-refractivity contribution in [3.8, 4) is 0 Å². The summed E-state index contributed by atoms with van der Waals surface area (Å²) in [6.45, 7) is 0. The van der Waals surface area contributed by atoms with Crippen molar-refractivity contribution < 1.29 is 24.6 Å². The fourth-order valence-corrected chi connectivity index (χ4v) is 3.47. The molecule has 0 unspecified atom stereocenters. The van der Waals surface area contributed by atoms with Gasteiger partial charge in [-0.05, 0) is 24.6 Å². The summed E-state index contributed by atoms with van der Waals surface area (Å²) >= 11 is 6.12. The second kappa shape index (κ2) is 6.97. The Morgan fingerprint density at radius 1 is 1.43 bits per heavy atom. The highest BCUT2D eigenvalue weighted by Crippen LogP contribution is 2.34. The van der Waals surface area contributed by atoms with Gasteiger partial charge in [0.2, 0.25) is 0 Å². The Bertz CT molecular complexity index is 710. The van der Waals surface area contributed by atoms with Crippen LogP contribution >= 0.6 is 24.0 Å². The molecule has 9 heteroatoms. The summed E-state index contributed by atoms with van der Waals surface area (Å²) in [6.07, 6.45) is 2.90. The lowest BCUT2D eigenvalue weighted by molar-refractivity contribution is -0.146. The quantitative estimate of drug-likeness (QED) is 0.590. The third-order valence-electron chi connectivity index (χ3n) is 3.31. The van der Waals surface area contributed by atoms with E-state index in [2.05, 4.69) is 0 Å². The van der Waals surface area contributed by atoms with Crippen LogP contribution in [0, 0.1) is 0 Å². The van der Waals surface area contributed by atoms with Crippen LogP contribution in [0.4, 0.5) is 0 Å². The number of thiocarbonyl (C=S) groups is 1. The fourth-order valence-electron chi connectivity index (χ4n) is 2.13. The summed E-state index contributed by atoms with van der Waals surface area (Å²) in [7, 11) is 1.82. The largest absolute Gasteiger partial charge is 0.481 e. The van der Waals surface area contributed by atoms with E-state index in [1.807, 2.05) is 29.9 Å². The number of hydrogen-bond donors (Lipinski definition) is 2. The zero-order valence-corrected chi connectivity index (χ0v) is 13.8. The molecule has 0 aliphatic carbocycles. The van der Waals surface area contributed by atoms with Crippen molar-refractivity contribution >= 4 is 52.2 Å². The lowest BCUT2D eigenvalue weighted by Crippen LogP contribution is -2.44. The van der Waals surface area contributed by atoms with Crippen LogP contribution < -0.4 is 0 Å². The van der Waals surface area contributed by atoms with E-state index >= 15 is 0 Å². The van der Waals surface area contributed by atoms with Gasteiger partial charge in [0.1, 0.15) is 10.4 Å². The standard InChI is InChI=1S/C14H14N2O5S2/c1-15-6-2-3-8(15)7-10-12(19)16(14(22)23-10)9(13(20)21)4-5-11(17)18/h2-3,6-7,9H,4-5H2,1H3,(H,17,18)(H,20,21)/b10-7-/t9-/m0/s1. The number of nitrogens with zero attached hydrogens (tertiary/aromatic N) is 2. The summed E-state index contributed by atoms with van der Waals surface area (Å²) in [4.78, 5) is 35.8. The van der Waals surface area contributed by atoms with Gasteiger partial charge in [0.25, 0.3) is 5.91 Å². The summed E-state index contributed by atoms with van der Waals surface area (Å²) in [6, 6.07) is 2.35. The highest BCUT2D eigenvalue weighted by Gasteiger charge is 2.40. The molecule has 1 aromatic rings. The molecular weight excluding hydrogens is 340 g/mol. The van der Waals surface area contributed by atoms with Gasteiger partial charge in [-0.15, -0.1) is 0 Å². The number of carboxylic acids is 2. The number of aliphatic carboxylic acids is 2. The summed E-state index contributed by atoms with van der Waals surface area (Å²) < 4.78 is 1.93. The molecule has 0 saturated carbocycles. The summed E-state index contributed by atoms with van der Waals surface area (Å²) in [5, 5.41) is 18.0. The molecule has 2 N–H and O–H groups in total. The summed E-state index contributed by atoms with van der Waals surface area (Å²) in [5.74, 6) is -2.91.